The summed E-state index contributed by atoms with van der Waals surface area (Å²) in [7, 11) is 1.75. The first-order chi connectivity index (χ1) is 11.3. The fourth-order valence-corrected chi connectivity index (χ4v) is 4.12. The molecule has 0 amide bonds. The van der Waals surface area contributed by atoms with Crippen LogP contribution in [0.2, 0.25) is 0 Å². The van der Waals surface area contributed by atoms with Crippen molar-refractivity contribution in [1.82, 2.24) is 4.90 Å². The topological polar surface area (TPSA) is 30.9 Å². The number of ether oxygens (including phenoxy) is 3. The van der Waals surface area contributed by atoms with Gasteiger partial charge in [0.1, 0.15) is 0 Å². The van der Waals surface area contributed by atoms with Gasteiger partial charge in [0.25, 0.3) is 0 Å². The summed E-state index contributed by atoms with van der Waals surface area (Å²) in [6, 6.07) is 0. The minimum absolute atomic E-state index is 0.241. The molecular weight excluding hydrogens is 302 g/mol. The van der Waals surface area contributed by atoms with E-state index in [9.17, 15) is 0 Å². The van der Waals surface area contributed by atoms with Gasteiger partial charge in [-0.3, -0.25) is 4.90 Å². The molecule has 0 bridgehead atoms. The van der Waals surface area contributed by atoms with Crippen LogP contribution in [0.3, 0.4) is 0 Å². The number of methoxy groups -OCH3 is 1. The van der Waals surface area contributed by atoms with Crippen LogP contribution >= 0.6 is 0 Å². The van der Waals surface area contributed by atoms with Crippen molar-refractivity contribution in [2.24, 2.45) is 17.3 Å². The molecular formula is C20H39NO3. The van der Waals surface area contributed by atoms with E-state index in [0.717, 1.165) is 50.8 Å². The van der Waals surface area contributed by atoms with Crippen molar-refractivity contribution >= 4 is 0 Å². The van der Waals surface area contributed by atoms with Crippen LogP contribution in [0.5, 0.6) is 0 Å². The number of nitrogens with zero attached hydrogens (tertiary/aromatic N) is 1. The highest BCUT2D eigenvalue weighted by Gasteiger charge is 2.46. The Hall–Kier alpha value is -0.160. The summed E-state index contributed by atoms with van der Waals surface area (Å²) in [5.74, 6) is 1.22. The first-order valence-corrected chi connectivity index (χ1v) is 9.86. The summed E-state index contributed by atoms with van der Waals surface area (Å²) in [5, 5.41) is 0. The average molecular weight is 342 g/mol. The van der Waals surface area contributed by atoms with E-state index in [-0.39, 0.29) is 11.9 Å². The first-order valence-electron chi connectivity index (χ1n) is 9.86. The van der Waals surface area contributed by atoms with Crippen LogP contribution in [0.1, 0.15) is 66.7 Å². The Morgan fingerprint density at radius 3 is 2.46 bits per heavy atom. The highest BCUT2D eigenvalue weighted by Crippen LogP contribution is 2.48. The summed E-state index contributed by atoms with van der Waals surface area (Å²) in [5.41, 5.74) is 0.404. The van der Waals surface area contributed by atoms with Crippen LogP contribution in [-0.2, 0) is 14.2 Å². The number of hydrogen-bond acceptors (Lipinski definition) is 4. The van der Waals surface area contributed by atoms with Crippen LogP contribution in [0.4, 0.5) is 0 Å². The smallest absolute Gasteiger partial charge is 0.168 e. The van der Waals surface area contributed by atoms with Crippen LogP contribution < -0.4 is 0 Å². The largest absolute Gasteiger partial charge is 0.369 e. The van der Waals surface area contributed by atoms with Gasteiger partial charge in [0.05, 0.1) is 19.4 Å². The van der Waals surface area contributed by atoms with Crippen molar-refractivity contribution in [3.05, 3.63) is 0 Å². The zero-order chi connectivity index (χ0) is 17.8. The molecule has 4 nitrogen and oxygen atoms in total. The van der Waals surface area contributed by atoms with Crippen molar-refractivity contribution in [3.63, 3.8) is 0 Å². The summed E-state index contributed by atoms with van der Waals surface area (Å²) in [6.45, 7) is 15.2. The van der Waals surface area contributed by atoms with Gasteiger partial charge in [-0.2, -0.15) is 0 Å². The Bertz CT molecular complexity index is 375. The van der Waals surface area contributed by atoms with E-state index in [1.165, 1.54) is 12.8 Å². The maximum atomic E-state index is 6.39. The van der Waals surface area contributed by atoms with E-state index in [4.69, 9.17) is 14.2 Å². The lowest BCUT2D eigenvalue weighted by Crippen LogP contribution is -2.41. The van der Waals surface area contributed by atoms with E-state index < -0.39 is 0 Å². The lowest BCUT2D eigenvalue weighted by atomic mass is 9.64. The SMILES string of the molecule is CCN(CCC1COC2(CCC(C(C)(C)C(C)C)CC2)O1)COC. The molecule has 1 spiro atoms. The average Bonchev–Trinajstić information content (AvgIpc) is 2.94. The van der Waals surface area contributed by atoms with Crippen molar-refractivity contribution in [2.75, 3.05) is 33.5 Å². The predicted octanol–water partition coefficient (Wildman–Crippen LogP) is 4.29. The zero-order valence-corrected chi connectivity index (χ0v) is 16.8. The molecule has 1 aliphatic heterocycles. The fraction of sp³-hybridized carbons (Fsp3) is 1.00. The second-order valence-electron chi connectivity index (χ2n) is 8.63. The van der Waals surface area contributed by atoms with E-state index >= 15 is 0 Å². The molecule has 24 heavy (non-hydrogen) atoms. The third-order valence-electron chi connectivity index (χ3n) is 6.73. The normalized spacial score (nSPS) is 31.5. The maximum Gasteiger partial charge on any atom is 0.168 e. The molecule has 2 aliphatic rings. The van der Waals surface area contributed by atoms with E-state index in [0.29, 0.717) is 12.1 Å². The molecule has 1 atom stereocenters. The quantitative estimate of drug-likeness (QED) is 0.616. The summed E-state index contributed by atoms with van der Waals surface area (Å²) in [6.07, 6.45) is 5.83. The third kappa shape index (κ3) is 4.72. The Kier molecular flexibility index (Phi) is 7.12. The third-order valence-corrected chi connectivity index (χ3v) is 6.73. The van der Waals surface area contributed by atoms with Crippen molar-refractivity contribution < 1.29 is 14.2 Å². The predicted molar refractivity (Wildman–Crippen MR) is 97.9 cm³/mol. The molecule has 2 fully saturated rings. The molecule has 2 rings (SSSR count). The molecule has 4 heteroatoms. The lowest BCUT2D eigenvalue weighted by Gasteiger charge is -2.44. The molecule has 1 heterocycles. The lowest BCUT2D eigenvalue weighted by molar-refractivity contribution is -0.199. The summed E-state index contributed by atoms with van der Waals surface area (Å²) in [4.78, 5) is 2.30. The van der Waals surface area contributed by atoms with Gasteiger partial charge in [0.15, 0.2) is 5.79 Å². The highest BCUT2D eigenvalue weighted by molar-refractivity contribution is 4.91. The summed E-state index contributed by atoms with van der Waals surface area (Å²) < 4.78 is 17.8. The van der Waals surface area contributed by atoms with Crippen LogP contribution in [-0.4, -0.2) is 50.3 Å². The standard InChI is InChI=1S/C20H39NO3/c1-7-21(15-22-6)13-10-18-14-23-20(24-18)11-8-17(9-12-20)19(4,5)16(2)3/h16-18H,7-15H2,1-6H3. The van der Waals surface area contributed by atoms with E-state index in [2.05, 4.69) is 39.5 Å². The minimum Gasteiger partial charge on any atom is -0.369 e. The Balaban J connectivity index is 1.79. The van der Waals surface area contributed by atoms with Crippen molar-refractivity contribution in [1.29, 1.82) is 0 Å². The van der Waals surface area contributed by atoms with Crippen LogP contribution in [0.25, 0.3) is 0 Å². The Labute approximate surface area is 149 Å². The van der Waals surface area contributed by atoms with Gasteiger partial charge in [-0.25, -0.2) is 0 Å². The highest BCUT2D eigenvalue weighted by atomic mass is 16.7. The second-order valence-corrected chi connectivity index (χ2v) is 8.63. The minimum atomic E-state index is -0.285. The molecule has 142 valence electrons. The molecule has 1 saturated carbocycles. The van der Waals surface area contributed by atoms with Gasteiger partial charge >= 0.3 is 0 Å². The maximum absolute atomic E-state index is 6.39. The molecule has 0 radical (unpaired) electrons. The molecule has 0 N–H and O–H groups in total. The summed E-state index contributed by atoms with van der Waals surface area (Å²) >= 11 is 0. The first kappa shape index (κ1) is 20.2. The molecule has 0 aromatic rings. The van der Waals surface area contributed by atoms with Gasteiger partial charge in [0, 0.05) is 26.5 Å². The van der Waals surface area contributed by atoms with E-state index in [1.807, 2.05) is 0 Å². The molecule has 0 aromatic carbocycles. The Morgan fingerprint density at radius 1 is 1.25 bits per heavy atom. The van der Waals surface area contributed by atoms with Gasteiger partial charge in [-0.1, -0.05) is 34.6 Å². The van der Waals surface area contributed by atoms with Crippen molar-refractivity contribution in [3.8, 4) is 0 Å². The number of hydrogen-bond donors (Lipinski definition) is 0. The monoisotopic (exact) mass is 341 g/mol. The Morgan fingerprint density at radius 2 is 1.92 bits per heavy atom. The number of rotatable bonds is 8. The van der Waals surface area contributed by atoms with Crippen molar-refractivity contribution in [2.45, 2.75) is 78.6 Å². The van der Waals surface area contributed by atoms with Gasteiger partial charge in [-0.05, 0) is 43.1 Å². The van der Waals surface area contributed by atoms with Gasteiger partial charge in [0.2, 0.25) is 0 Å². The molecule has 1 unspecified atom stereocenters. The fourth-order valence-electron chi connectivity index (χ4n) is 4.12. The second kappa shape index (κ2) is 8.48. The van der Waals surface area contributed by atoms with Gasteiger partial charge < -0.3 is 14.2 Å². The molecule has 0 aromatic heterocycles. The van der Waals surface area contributed by atoms with Crippen LogP contribution in [0.15, 0.2) is 0 Å². The molecule has 1 aliphatic carbocycles. The van der Waals surface area contributed by atoms with Gasteiger partial charge in [-0.15, -0.1) is 0 Å². The zero-order valence-electron chi connectivity index (χ0n) is 16.8. The van der Waals surface area contributed by atoms with Crippen LogP contribution in [0, 0.1) is 17.3 Å². The van der Waals surface area contributed by atoms with E-state index in [1.54, 1.807) is 7.11 Å². The molecule has 1 saturated heterocycles.